The molecule has 1 heterocycles. The summed E-state index contributed by atoms with van der Waals surface area (Å²) in [5.74, 6) is 0.211. The van der Waals surface area contributed by atoms with Crippen LogP contribution in [0, 0.1) is 6.20 Å². The van der Waals surface area contributed by atoms with E-state index >= 15 is 0 Å². The van der Waals surface area contributed by atoms with Crippen LogP contribution in [0.5, 0.6) is 0 Å². The highest BCUT2D eigenvalue weighted by Crippen LogP contribution is 2.20. The number of benzene rings is 1. The summed E-state index contributed by atoms with van der Waals surface area (Å²) in [6, 6.07) is 9.05. The van der Waals surface area contributed by atoms with E-state index in [4.69, 9.17) is 17.3 Å². The number of rotatable bonds is 1. The van der Waals surface area contributed by atoms with Gasteiger partial charge < -0.3 is 5.73 Å². The van der Waals surface area contributed by atoms with Gasteiger partial charge in [-0.2, -0.15) is 0 Å². The number of nitrogens with two attached hydrogens (primary N) is 1. The summed E-state index contributed by atoms with van der Waals surface area (Å²) in [7, 11) is 0. The molecule has 2 rings (SSSR count). The summed E-state index contributed by atoms with van der Waals surface area (Å²) in [6.07, 6.45) is 2.67. The highest BCUT2D eigenvalue weighted by Gasteiger charge is 2.00. The Morgan fingerprint density at radius 2 is 2.21 bits per heavy atom. The van der Waals surface area contributed by atoms with Gasteiger partial charge in [-0.1, -0.05) is 23.7 Å². The molecule has 14 heavy (non-hydrogen) atoms. The van der Waals surface area contributed by atoms with Crippen LogP contribution < -0.4 is 5.73 Å². The van der Waals surface area contributed by atoms with Crippen LogP contribution in [-0.4, -0.2) is 9.97 Å². The SMILES string of the molecule is Nc1n[c]cc(-c2cccc(Cl)c2)n1. The molecule has 69 valence electrons. The number of anilines is 1. The van der Waals surface area contributed by atoms with E-state index < -0.39 is 0 Å². The Hall–Kier alpha value is -1.61. The second kappa shape index (κ2) is 3.64. The molecule has 0 aliphatic carbocycles. The second-order valence-electron chi connectivity index (χ2n) is 2.75. The molecule has 0 fully saturated rings. The Kier molecular flexibility index (Phi) is 2.33. The second-order valence-corrected chi connectivity index (χ2v) is 3.19. The van der Waals surface area contributed by atoms with Gasteiger partial charge in [0.15, 0.2) is 0 Å². The van der Waals surface area contributed by atoms with E-state index in [1.165, 1.54) is 0 Å². The predicted molar refractivity (Wildman–Crippen MR) is 55.7 cm³/mol. The molecule has 3 nitrogen and oxygen atoms in total. The Morgan fingerprint density at radius 3 is 2.93 bits per heavy atom. The number of hydrogen-bond acceptors (Lipinski definition) is 3. The lowest BCUT2D eigenvalue weighted by Gasteiger charge is -2.00. The molecule has 1 radical (unpaired) electrons. The van der Waals surface area contributed by atoms with Crippen molar-refractivity contribution in [3.63, 3.8) is 0 Å². The van der Waals surface area contributed by atoms with E-state index in [0.717, 1.165) is 11.3 Å². The van der Waals surface area contributed by atoms with Crippen LogP contribution in [0.25, 0.3) is 11.3 Å². The van der Waals surface area contributed by atoms with Gasteiger partial charge in [-0.15, -0.1) is 0 Å². The van der Waals surface area contributed by atoms with E-state index in [9.17, 15) is 0 Å². The van der Waals surface area contributed by atoms with Gasteiger partial charge in [0.2, 0.25) is 5.95 Å². The van der Waals surface area contributed by atoms with E-state index in [0.29, 0.717) is 5.02 Å². The number of aromatic nitrogens is 2. The number of halogens is 1. The molecule has 1 aromatic carbocycles. The molecule has 2 aromatic rings. The molecule has 0 bridgehead atoms. The van der Waals surface area contributed by atoms with Gasteiger partial charge in [0.1, 0.15) is 0 Å². The van der Waals surface area contributed by atoms with Crippen molar-refractivity contribution in [2.24, 2.45) is 0 Å². The summed E-state index contributed by atoms with van der Waals surface area (Å²) >= 11 is 5.85. The van der Waals surface area contributed by atoms with Gasteiger partial charge in [-0.05, 0) is 18.2 Å². The standard InChI is InChI=1S/C10H7ClN3/c11-8-3-1-2-7(6-8)9-4-5-13-10(12)14-9/h1-4,6H,(H2,12,13,14). The van der Waals surface area contributed by atoms with Crippen molar-refractivity contribution in [2.45, 2.75) is 0 Å². The van der Waals surface area contributed by atoms with Crippen molar-refractivity contribution in [3.8, 4) is 11.3 Å². The lowest BCUT2D eigenvalue weighted by molar-refractivity contribution is 1.18. The first kappa shape index (κ1) is 8.97. The molecule has 0 atom stereocenters. The highest BCUT2D eigenvalue weighted by atomic mass is 35.5. The van der Waals surface area contributed by atoms with Crippen LogP contribution in [0.15, 0.2) is 30.3 Å². The first-order valence-corrected chi connectivity index (χ1v) is 4.40. The Bertz CT molecular complexity index is 413. The maximum atomic E-state index is 5.85. The van der Waals surface area contributed by atoms with Gasteiger partial charge in [0.05, 0.1) is 11.9 Å². The Labute approximate surface area is 86.6 Å². The first-order chi connectivity index (χ1) is 6.75. The maximum absolute atomic E-state index is 5.85. The summed E-state index contributed by atoms with van der Waals surface area (Å²) in [4.78, 5) is 7.76. The van der Waals surface area contributed by atoms with E-state index in [1.807, 2.05) is 18.2 Å². The van der Waals surface area contributed by atoms with Crippen molar-refractivity contribution in [1.29, 1.82) is 0 Å². The van der Waals surface area contributed by atoms with Crippen molar-refractivity contribution in [1.82, 2.24) is 9.97 Å². The number of nitrogen functional groups attached to an aromatic ring is 1. The fourth-order valence-corrected chi connectivity index (χ4v) is 1.33. The summed E-state index contributed by atoms with van der Waals surface area (Å²) in [6.45, 7) is 0. The van der Waals surface area contributed by atoms with Gasteiger partial charge in [0.25, 0.3) is 0 Å². The largest absolute Gasteiger partial charge is 0.368 e. The minimum atomic E-state index is 0.211. The summed E-state index contributed by atoms with van der Waals surface area (Å²) in [5.41, 5.74) is 7.08. The molecule has 0 saturated heterocycles. The summed E-state index contributed by atoms with van der Waals surface area (Å²) in [5, 5.41) is 0.666. The minimum absolute atomic E-state index is 0.211. The molecule has 4 heteroatoms. The predicted octanol–water partition coefficient (Wildman–Crippen LogP) is 2.18. The van der Waals surface area contributed by atoms with Crippen molar-refractivity contribution in [3.05, 3.63) is 41.6 Å². The minimum Gasteiger partial charge on any atom is -0.368 e. The van der Waals surface area contributed by atoms with E-state index in [-0.39, 0.29) is 5.95 Å². The zero-order chi connectivity index (χ0) is 9.97. The number of hydrogen-bond donors (Lipinski definition) is 1. The smallest absolute Gasteiger partial charge is 0.221 e. The van der Waals surface area contributed by atoms with Gasteiger partial charge in [-0.25, -0.2) is 9.97 Å². The third-order valence-corrected chi connectivity index (χ3v) is 1.97. The quantitative estimate of drug-likeness (QED) is 0.775. The third-order valence-electron chi connectivity index (χ3n) is 1.74. The first-order valence-electron chi connectivity index (χ1n) is 4.02. The molecule has 0 saturated carbocycles. The van der Waals surface area contributed by atoms with E-state index in [1.54, 1.807) is 12.1 Å². The highest BCUT2D eigenvalue weighted by molar-refractivity contribution is 6.30. The van der Waals surface area contributed by atoms with Crippen LogP contribution in [0.3, 0.4) is 0 Å². The monoisotopic (exact) mass is 204 g/mol. The molecule has 0 aliphatic heterocycles. The van der Waals surface area contributed by atoms with Crippen molar-refractivity contribution < 1.29 is 0 Å². The lowest BCUT2D eigenvalue weighted by atomic mass is 10.1. The Morgan fingerprint density at radius 1 is 1.36 bits per heavy atom. The fraction of sp³-hybridized carbons (Fsp3) is 0. The van der Waals surface area contributed by atoms with Crippen molar-refractivity contribution in [2.75, 3.05) is 5.73 Å². The van der Waals surface area contributed by atoms with Gasteiger partial charge in [-0.3, -0.25) is 0 Å². The third kappa shape index (κ3) is 1.83. The molecular weight excluding hydrogens is 198 g/mol. The topological polar surface area (TPSA) is 51.8 Å². The Balaban J connectivity index is 2.49. The van der Waals surface area contributed by atoms with E-state index in [2.05, 4.69) is 16.2 Å². The molecule has 0 aliphatic rings. The summed E-state index contributed by atoms with van der Waals surface area (Å²) < 4.78 is 0. The van der Waals surface area contributed by atoms with Crippen LogP contribution >= 0.6 is 11.6 Å². The number of nitrogens with zero attached hydrogens (tertiary/aromatic N) is 2. The fourth-order valence-electron chi connectivity index (χ4n) is 1.14. The van der Waals surface area contributed by atoms with Crippen LogP contribution in [0.4, 0.5) is 5.95 Å². The maximum Gasteiger partial charge on any atom is 0.221 e. The normalized spacial score (nSPS) is 10.1. The average Bonchev–Trinajstić information content (AvgIpc) is 2.18. The lowest BCUT2D eigenvalue weighted by Crippen LogP contribution is -1.95. The van der Waals surface area contributed by atoms with Crippen molar-refractivity contribution >= 4 is 17.5 Å². The average molecular weight is 205 g/mol. The molecule has 1 aromatic heterocycles. The van der Waals surface area contributed by atoms with Gasteiger partial charge >= 0.3 is 0 Å². The zero-order valence-corrected chi connectivity index (χ0v) is 7.99. The van der Waals surface area contributed by atoms with Crippen LogP contribution in [-0.2, 0) is 0 Å². The van der Waals surface area contributed by atoms with Crippen LogP contribution in [0.1, 0.15) is 0 Å². The molecule has 0 spiro atoms. The zero-order valence-electron chi connectivity index (χ0n) is 7.24. The molecule has 0 unspecified atom stereocenters. The van der Waals surface area contributed by atoms with Gasteiger partial charge in [0, 0.05) is 10.6 Å². The molecule has 2 N–H and O–H groups in total. The molecule has 0 amide bonds. The molecular formula is C10H7ClN3. The van der Waals surface area contributed by atoms with Crippen LogP contribution in [0.2, 0.25) is 5.02 Å².